The SMILES string of the molecule is O=C(O)c1cc(Cl)ccc1NS(=O)(=O)NCC(F)(F)F. The van der Waals surface area contributed by atoms with Gasteiger partial charge in [-0.05, 0) is 18.2 Å². The van der Waals surface area contributed by atoms with E-state index in [1.165, 1.54) is 10.8 Å². The summed E-state index contributed by atoms with van der Waals surface area (Å²) in [4.78, 5) is 10.9. The van der Waals surface area contributed by atoms with E-state index in [2.05, 4.69) is 0 Å². The molecule has 0 saturated heterocycles. The van der Waals surface area contributed by atoms with E-state index in [1.807, 2.05) is 0 Å². The fourth-order valence-electron chi connectivity index (χ4n) is 1.14. The van der Waals surface area contributed by atoms with Gasteiger partial charge < -0.3 is 5.11 Å². The molecular formula is C9H8ClF3N2O4S. The van der Waals surface area contributed by atoms with Crippen LogP contribution in [0.1, 0.15) is 10.4 Å². The Morgan fingerprint density at radius 2 is 1.95 bits per heavy atom. The van der Waals surface area contributed by atoms with Crippen molar-refractivity contribution in [1.29, 1.82) is 0 Å². The Kier molecular flexibility index (Phi) is 4.84. The Labute approximate surface area is 116 Å². The van der Waals surface area contributed by atoms with Crippen LogP contribution in [-0.2, 0) is 10.2 Å². The van der Waals surface area contributed by atoms with E-state index in [-0.39, 0.29) is 5.02 Å². The average molecular weight is 333 g/mol. The lowest BCUT2D eigenvalue weighted by atomic mass is 10.2. The van der Waals surface area contributed by atoms with Crippen LogP contribution in [0.3, 0.4) is 0 Å². The van der Waals surface area contributed by atoms with Crippen molar-refractivity contribution >= 4 is 33.5 Å². The van der Waals surface area contributed by atoms with Crippen LogP contribution in [0.4, 0.5) is 18.9 Å². The third-order valence-corrected chi connectivity index (χ3v) is 3.17. The highest BCUT2D eigenvalue weighted by Gasteiger charge is 2.29. The molecule has 1 rings (SSSR count). The second-order valence-electron chi connectivity index (χ2n) is 3.54. The predicted molar refractivity (Wildman–Crippen MR) is 65.0 cm³/mol. The highest BCUT2D eigenvalue weighted by molar-refractivity contribution is 7.90. The number of hydrogen-bond donors (Lipinski definition) is 3. The smallest absolute Gasteiger partial charge is 0.402 e. The number of anilines is 1. The molecule has 0 aliphatic heterocycles. The quantitative estimate of drug-likeness (QED) is 0.766. The first-order valence-corrected chi connectivity index (χ1v) is 6.73. The summed E-state index contributed by atoms with van der Waals surface area (Å²) in [5.74, 6) is -1.49. The second kappa shape index (κ2) is 5.85. The maximum atomic E-state index is 11.9. The summed E-state index contributed by atoms with van der Waals surface area (Å²) in [6.45, 7) is -1.78. The third kappa shape index (κ3) is 5.23. The molecule has 3 N–H and O–H groups in total. The molecule has 0 fully saturated rings. The maximum absolute atomic E-state index is 11.9. The molecule has 112 valence electrons. The molecule has 0 spiro atoms. The number of hydrogen-bond acceptors (Lipinski definition) is 3. The highest BCUT2D eigenvalue weighted by atomic mass is 35.5. The van der Waals surface area contributed by atoms with E-state index >= 15 is 0 Å². The summed E-state index contributed by atoms with van der Waals surface area (Å²) in [6.07, 6.45) is -4.73. The summed E-state index contributed by atoms with van der Waals surface area (Å²) in [5, 5.41) is 8.89. The van der Waals surface area contributed by atoms with Gasteiger partial charge in [0.1, 0.15) is 6.54 Å². The van der Waals surface area contributed by atoms with Gasteiger partial charge >= 0.3 is 12.1 Å². The number of aromatic carboxylic acids is 1. The van der Waals surface area contributed by atoms with Gasteiger partial charge in [-0.3, -0.25) is 4.72 Å². The first-order chi connectivity index (χ1) is 9.00. The Hall–Kier alpha value is -1.52. The van der Waals surface area contributed by atoms with Crippen molar-refractivity contribution in [2.45, 2.75) is 6.18 Å². The van der Waals surface area contributed by atoms with Crippen LogP contribution in [0.2, 0.25) is 5.02 Å². The lowest BCUT2D eigenvalue weighted by Crippen LogP contribution is -2.37. The number of carboxylic acids is 1. The maximum Gasteiger partial charge on any atom is 0.402 e. The minimum Gasteiger partial charge on any atom is -0.478 e. The van der Waals surface area contributed by atoms with Crippen molar-refractivity contribution in [2.24, 2.45) is 0 Å². The van der Waals surface area contributed by atoms with Crippen LogP contribution in [-0.4, -0.2) is 32.2 Å². The molecule has 0 saturated carbocycles. The molecule has 0 aromatic heterocycles. The topological polar surface area (TPSA) is 95.5 Å². The molecule has 0 aliphatic rings. The van der Waals surface area contributed by atoms with Gasteiger partial charge in [0, 0.05) is 5.02 Å². The zero-order chi connectivity index (χ0) is 15.6. The summed E-state index contributed by atoms with van der Waals surface area (Å²) in [5.41, 5.74) is -0.897. The first-order valence-electron chi connectivity index (χ1n) is 4.87. The number of rotatable bonds is 5. The molecule has 0 amide bonds. The van der Waals surface area contributed by atoms with Gasteiger partial charge in [0.25, 0.3) is 10.2 Å². The van der Waals surface area contributed by atoms with Gasteiger partial charge in [-0.25, -0.2) is 4.79 Å². The largest absolute Gasteiger partial charge is 0.478 e. The Bertz CT molecular complexity index is 618. The summed E-state index contributed by atoms with van der Waals surface area (Å²) < 4.78 is 61.4. The van der Waals surface area contributed by atoms with E-state index in [9.17, 15) is 26.4 Å². The lowest BCUT2D eigenvalue weighted by molar-refractivity contribution is -0.121. The van der Waals surface area contributed by atoms with Crippen molar-refractivity contribution in [2.75, 3.05) is 11.3 Å². The molecule has 0 atom stereocenters. The van der Waals surface area contributed by atoms with Crippen LogP contribution in [0, 0.1) is 0 Å². The van der Waals surface area contributed by atoms with Crippen molar-refractivity contribution in [3.63, 3.8) is 0 Å². The number of carbonyl (C=O) groups is 1. The van der Waals surface area contributed by atoms with Crippen LogP contribution in [0.25, 0.3) is 0 Å². The van der Waals surface area contributed by atoms with E-state index in [0.29, 0.717) is 0 Å². The molecule has 20 heavy (non-hydrogen) atoms. The van der Waals surface area contributed by atoms with Crippen LogP contribution >= 0.6 is 11.6 Å². The molecule has 0 bridgehead atoms. The van der Waals surface area contributed by atoms with Crippen molar-refractivity contribution in [1.82, 2.24) is 4.72 Å². The molecule has 0 heterocycles. The zero-order valence-electron chi connectivity index (χ0n) is 9.53. The molecule has 6 nitrogen and oxygen atoms in total. The van der Waals surface area contributed by atoms with Crippen LogP contribution in [0.5, 0.6) is 0 Å². The lowest BCUT2D eigenvalue weighted by Gasteiger charge is -2.12. The summed E-state index contributed by atoms with van der Waals surface area (Å²) in [7, 11) is -4.56. The van der Waals surface area contributed by atoms with Crippen molar-refractivity contribution in [3.05, 3.63) is 28.8 Å². The summed E-state index contributed by atoms with van der Waals surface area (Å²) in [6, 6.07) is 3.18. The van der Waals surface area contributed by atoms with Crippen LogP contribution in [0.15, 0.2) is 18.2 Å². The van der Waals surface area contributed by atoms with Gasteiger partial charge in [-0.15, -0.1) is 0 Å². The van der Waals surface area contributed by atoms with Gasteiger partial charge in [0.05, 0.1) is 11.3 Å². The molecule has 0 aliphatic carbocycles. The fraction of sp³-hybridized carbons (Fsp3) is 0.222. The monoisotopic (exact) mass is 332 g/mol. The Morgan fingerprint density at radius 3 is 2.45 bits per heavy atom. The normalized spacial score (nSPS) is 12.2. The van der Waals surface area contributed by atoms with Gasteiger partial charge in [0.2, 0.25) is 0 Å². The van der Waals surface area contributed by atoms with Crippen molar-refractivity contribution in [3.8, 4) is 0 Å². The first kappa shape index (κ1) is 16.5. The molecule has 1 aromatic rings. The highest BCUT2D eigenvalue weighted by Crippen LogP contribution is 2.21. The number of benzene rings is 1. The summed E-state index contributed by atoms with van der Waals surface area (Å²) >= 11 is 5.55. The van der Waals surface area contributed by atoms with Crippen molar-refractivity contribution < 1.29 is 31.5 Å². The number of nitrogens with one attached hydrogen (secondary N) is 2. The molecule has 1 aromatic carbocycles. The zero-order valence-corrected chi connectivity index (χ0v) is 11.1. The number of carboxylic acid groups (broad SMARTS) is 1. The minimum absolute atomic E-state index is 0.0357. The molecular weight excluding hydrogens is 325 g/mol. The Balaban J connectivity index is 2.95. The minimum atomic E-state index is -4.73. The molecule has 0 radical (unpaired) electrons. The van der Waals surface area contributed by atoms with E-state index in [0.717, 1.165) is 12.1 Å². The number of halogens is 4. The predicted octanol–water partition coefficient (Wildman–Crippen LogP) is 1.85. The van der Waals surface area contributed by atoms with E-state index in [4.69, 9.17) is 16.7 Å². The van der Waals surface area contributed by atoms with Gasteiger partial charge in [0.15, 0.2) is 0 Å². The standard InChI is InChI=1S/C9H8ClF3N2O4S/c10-5-1-2-7(6(3-5)8(16)17)15-20(18,19)14-4-9(11,12)13/h1-3,14-15H,4H2,(H,16,17). The molecule has 0 unspecified atom stereocenters. The Morgan fingerprint density at radius 1 is 1.35 bits per heavy atom. The average Bonchev–Trinajstić information content (AvgIpc) is 2.28. The van der Waals surface area contributed by atoms with Gasteiger partial charge in [-0.2, -0.15) is 26.3 Å². The second-order valence-corrected chi connectivity index (χ2v) is 5.47. The molecule has 11 heteroatoms. The third-order valence-electron chi connectivity index (χ3n) is 1.92. The fourth-order valence-corrected chi connectivity index (χ4v) is 2.21. The van der Waals surface area contributed by atoms with Crippen LogP contribution < -0.4 is 9.44 Å². The van der Waals surface area contributed by atoms with E-state index in [1.54, 1.807) is 4.72 Å². The number of alkyl halides is 3. The van der Waals surface area contributed by atoms with Gasteiger partial charge in [-0.1, -0.05) is 11.6 Å². The van der Waals surface area contributed by atoms with E-state index < -0.39 is 40.2 Å².